The van der Waals surface area contributed by atoms with Gasteiger partial charge in [0.25, 0.3) is 5.91 Å². The van der Waals surface area contributed by atoms with Crippen molar-refractivity contribution in [3.8, 4) is 5.75 Å². The maximum absolute atomic E-state index is 13.1. The van der Waals surface area contributed by atoms with Gasteiger partial charge >= 0.3 is 5.97 Å². The lowest BCUT2D eigenvalue weighted by Crippen LogP contribution is -2.33. The number of hydrogen-bond donors (Lipinski definition) is 2. The molecule has 226 valence electrons. The number of anilines is 2. The molecule has 0 saturated carbocycles. The van der Waals surface area contributed by atoms with Gasteiger partial charge in [-0.1, -0.05) is 72.8 Å². The van der Waals surface area contributed by atoms with Crippen molar-refractivity contribution < 1.29 is 28.6 Å². The number of aliphatic carboxylic acids is 1. The van der Waals surface area contributed by atoms with Crippen LogP contribution in [0.25, 0.3) is 6.08 Å². The van der Waals surface area contributed by atoms with Gasteiger partial charge < -0.3 is 24.5 Å². The van der Waals surface area contributed by atoms with Crippen molar-refractivity contribution in [3.05, 3.63) is 156 Å². The Balaban J connectivity index is 1.20. The summed E-state index contributed by atoms with van der Waals surface area (Å²) in [7, 11) is 0. The zero-order valence-electron chi connectivity index (χ0n) is 24.4. The number of hydrogen-bond acceptors (Lipinski definition) is 6. The van der Waals surface area contributed by atoms with Crippen LogP contribution in [0, 0.1) is 0 Å². The van der Waals surface area contributed by atoms with E-state index in [1.807, 2.05) is 36.4 Å². The molecule has 0 radical (unpaired) electrons. The first kappa shape index (κ1) is 30.6. The Morgan fingerprint density at radius 1 is 0.822 bits per heavy atom. The summed E-state index contributed by atoms with van der Waals surface area (Å²) in [6.07, 6.45) is 4.81. The number of benzene rings is 4. The van der Waals surface area contributed by atoms with Crippen LogP contribution in [-0.2, 0) is 16.0 Å². The Hall–Kier alpha value is -5.89. The molecule has 1 amide bonds. The van der Waals surface area contributed by atoms with E-state index in [1.54, 1.807) is 102 Å². The Morgan fingerprint density at radius 2 is 1.51 bits per heavy atom. The van der Waals surface area contributed by atoms with Crippen LogP contribution in [0.2, 0.25) is 0 Å². The van der Waals surface area contributed by atoms with Gasteiger partial charge in [-0.2, -0.15) is 0 Å². The molecule has 0 unspecified atom stereocenters. The minimum atomic E-state index is -1.04. The van der Waals surface area contributed by atoms with Crippen LogP contribution in [0.3, 0.4) is 0 Å². The van der Waals surface area contributed by atoms with Gasteiger partial charge in [-0.3, -0.25) is 9.59 Å². The van der Waals surface area contributed by atoms with Crippen molar-refractivity contribution in [2.24, 2.45) is 0 Å². The summed E-state index contributed by atoms with van der Waals surface area (Å²) < 4.78 is 11.2. The highest BCUT2D eigenvalue weighted by Crippen LogP contribution is 2.22. The van der Waals surface area contributed by atoms with Crippen LogP contribution >= 0.6 is 0 Å². The summed E-state index contributed by atoms with van der Waals surface area (Å²) >= 11 is 0. The molecule has 0 aliphatic heterocycles. The van der Waals surface area contributed by atoms with E-state index in [0.29, 0.717) is 34.9 Å². The summed E-state index contributed by atoms with van der Waals surface area (Å²) in [4.78, 5) is 40.0. The fourth-order valence-electron chi connectivity index (χ4n) is 4.76. The Labute approximate surface area is 261 Å². The highest BCUT2D eigenvalue weighted by molar-refractivity contribution is 6.12. The molecule has 1 heterocycles. The smallest absolute Gasteiger partial charge is 0.326 e. The van der Waals surface area contributed by atoms with E-state index in [2.05, 4.69) is 5.32 Å². The number of amides is 1. The quantitative estimate of drug-likeness (QED) is 0.107. The van der Waals surface area contributed by atoms with Gasteiger partial charge in [-0.05, 0) is 60.2 Å². The number of ether oxygens (including phenoxy) is 1. The minimum absolute atomic E-state index is 0.182. The zero-order chi connectivity index (χ0) is 31.4. The van der Waals surface area contributed by atoms with Gasteiger partial charge in [0.15, 0.2) is 5.78 Å². The molecule has 0 saturated heterocycles. The number of carboxylic acid groups (broad SMARTS) is 1. The van der Waals surface area contributed by atoms with Gasteiger partial charge in [-0.25, -0.2) is 4.79 Å². The molecule has 45 heavy (non-hydrogen) atoms. The first-order chi connectivity index (χ1) is 22.0. The molecule has 1 aromatic heterocycles. The lowest BCUT2D eigenvalue weighted by Gasteiger charge is -2.21. The average Bonchev–Trinajstić information content (AvgIpc) is 3.61. The first-order valence-electron chi connectivity index (χ1n) is 14.5. The molecular formula is C37H32N2O6. The van der Waals surface area contributed by atoms with Crippen molar-refractivity contribution in [2.75, 3.05) is 23.4 Å². The van der Waals surface area contributed by atoms with Crippen LogP contribution in [0.1, 0.15) is 27.2 Å². The molecule has 0 bridgehead atoms. The topological polar surface area (TPSA) is 109 Å². The monoisotopic (exact) mass is 600 g/mol. The fraction of sp³-hybridized carbons (Fsp3) is 0.108. The second-order valence-electron chi connectivity index (χ2n) is 10.1. The van der Waals surface area contributed by atoms with Gasteiger partial charge in [-0.15, -0.1) is 0 Å². The van der Waals surface area contributed by atoms with E-state index in [4.69, 9.17) is 9.15 Å². The third kappa shape index (κ3) is 8.36. The van der Waals surface area contributed by atoms with Crippen molar-refractivity contribution in [1.29, 1.82) is 0 Å². The van der Waals surface area contributed by atoms with Crippen LogP contribution in [0.5, 0.6) is 5.75 Å². The Bertz CT molecular complexity index is 1730. The van der Waals surface area contributed by atoms with Gasteiger partial charge in [0.05, 0.1) is 12.8 Å². The summed E-state index contributed by atoms with van der Waals surface area (Å²) in [5.74, 6) is -0.271. The highest BCUT2D eigenvalue weighted by atomic mass is 16.5. The second kappa shape index (κ2) is 15.0. The molecule has 1 atom stereocenters. The van der Waals surface area contributed by atoms with E-state index in [0.717, 1.165) is 11.3 Å². The number of nitrogens with one attached hydrogen (secondary N) is 1. The maximum atomic E-state index is 13.1. The lowest BCUT2D eigenvalue weighted by molar-refractivity contribution is -0.137. The number of rotatable bonds is 14. The third-order valence-corrected chi connectivity index (χ3v) is 7.05. The molecule has 4 aromatic carbocycles. The first-order valence-corrected chi connectivity index (χ1v) is 14.5. The molecule has 0 fully saturated rings. The zero-order valence-corrected chi connectivity index (χ0v) is 24.4. The number of para-hydroxylation sites is 2. The average molecular weight is 601 g/mol. The van der Waals surface area contributed by atoms with Crippen LogP contribution in [0.15, 0.2) is 138 Å². The second-order valence-corrected chi connectivity index (χ2v) is 10.1. The van der Waals surface area contributed by atoms with Crippen LogP contribution in [0.4, 0.5) is 11.4 Å². The Morgan fingerprint density at radius 3 is 2.20 bits per heavy atom. The van der Waals surface area contributed by atoms with Crippen molar-refractivity contribution in [2.45, 2.75) is 12.5 Å². The standard InChI is InChI=1S/C37H32N2O6/c40-35(22-21-30-14-9-24-44-30)39(29-12-5-2-6-13-29)23-25-45-31-19-17-27(18-20-31)26-34(37(42)43)38-33-16-8-7-15-32(33)36(41)28-10-3-1-4-11-28/h1-22,24,34,38H,23,25-26H2,(H,42,43)/t34-/m0/s1. The minimum Gasteiger partial charge on any atom is -0.492 e. The molecule has 0 aliphatic rings. The van der Waals surface area contributed by atoms with Crippen LogP contribution in [-0.4, -0.2) is 42.0 Å². The van der Waals surface area contributed by atoms with Crippen molar-refractivity contribution >= 4 is 35.1 Å². The largest absolute Gasteiger partial charge is 0.492 e. The number of ketones is 1. The third-order valence-electron chi connectivity index (χ3n) is 7.05. The molecule has 0 spiro atoms. The van der Waals surface area contributed by atoms with Gasteiger partial charge in [0.1, 0.15) is 24.2 Å². The molecule has 0 aliphatic carbocycles. The summed E-state index contributed by atoms with van der Waals surface area (Å²) in [6, 6.07) is 34.8. The number of carboxylic acids is 1. The van der Waals surface area contributed by atoms with Crippen LogP contribution < -0.4 is 15.0 Å². The number of nitrogens with zero attached hydrogens (tertiary/aromatic N) is 1. The SMILES string of the molecule is O=C(c1ccccc1)c1ccccc1N[C@@H](Cc1ccc(OCCN(C(=O)C=Cc2ccco2)c2ccccc2)cc1)C(=O)O. The molecule has 8 heteroatoms. The number of carbonyl (C=O) groups excluding carboxylic acids is 2. The van der Waals surface area contributed by atoms with Gasteiger partial charge in [0, 0.05) is 35.0 Å². The lowest BCUT2D eigenvalue weighted by atomic mass is 10.00. The van der Waals surface area contributed by atoms with Crippen molar-refractivity contribution in [3.63, 3.8) is 0 Å². The maximum Gasteiger partial charge on any atom is 0.326 e. The molecule has 5 rings (SSSR count). The summed E-state index contributed by atoms with van der Waals surface area (Å²) in [5.41, 5.74) is 2.90. The van der Waals surface area contributed by atoms with E-state index >= 15 is 0 Å². The molecule has 8 nitrogen and oxygen atoms in total. The Kier molecular flexibility index (Phi) is 10.2. The predicted molar refractivity (Wildman–Crippen MR) is 174 cm³/mol. The van der Waals surface area contributed by atoms with Gasteiger partial charge in [0.2, 0.25) is 0 Å². The molecule has 5 aromatic rings. The fourth-order valence-corrected chi connectivity index (χ4v) is 4.76. The van der Waals surface area contributed by atoms with E-state index in [-0.39, 0.29) is 24.7 Å². The number of furan rings is 1. The molecular weight excluding hydrogens is 568 g/mol. The normalized spacial score (nSPS) is 11.6. The summed E-state index contributed by atoms with van der Waals surface area (Å²) in [5, 5.41) is 13.0. The van der Waals surface area contributed by atoms with Crippen molar-refractivity contribution in [1.82, 2.24) is 0 Å². The number of carbonyl (C=O) groups is 3. The summed E-state index contributed by atoms with van der Waals surface area (Å²) in [6.45, 7) is 0.541. The highest BCUT2D eigenvalue weighted by Gasteiger charge is 2.21. The molecule has 2 N–H and O–H groups in total. The van der Waals surface area contributed by atoms with E-state index < -0.39 is 12.0 Å². The van der Waals surface area contributed by atoms with E-state index in [9.17, 15) is 19.5 Å². The predicted octanol–water partition coefficient (Wildman–Crippen LogP) is 6.74. The van der Waals surface area contributed by atoms with E-state index in [1.165, 1.54) is 6.08 Å².